The SMILES string of the molecule is O=C(Cc1cccc(Cl)c1Cl)CC1CCCCO1. The molecule has 0 aromatic heterocycles. The van der Waals surface area contributed by atoms with Crippen LogP contribution in [0.4, 0.5) is 0 Å². The molecule has 0 bridgehead atoms. The number of ether oxygens (including phenoxy) is 1. The average molecular weight is 287 g/mol. The summed E-state index contributed by atoms with van der Waals surface area (Å²) in [5.74, 6) is 0.158. The summed E-state index contributed by atoms with van der Waals surface area (Å²) in [4.78, 5) is 12.0. The van der Waals surface area contributed by atoms with E-state index in [1.54, 1.807) is 6.07 Å². The summed E-state index contributed by atoms with van der Waals surface area (Å²) < 4.78 is 5.56. The monoisotopic (exact) mass is 286 g/mol. The van der Waals surface area contributed by atoms with Gasteiger partial charge in [-0.25, -0.2) is 0 Å². The van der Waals surface area contributed by atoms with Gasteiger partial charge in [0.2, 0.25) is 0 Å². The van der Waals surface area contributed by atoms with Crippen LogP contribution < -0.4 is 0 Å². The molecule has 1 aromatic rings. The van der Waals surface area contributed by atoms with E-state index in [1.807, 2.05) is 12.1 Å². The normalized spacial score (nSPS) is 19.8. The van der Waals surface area contributed by atoms with E-state index in [2.05, 4.69) is 0 Å². The van der Waals surface area contributed by atoms with Gasteiger partial charge in [-0.15, -0.1) is 0 Å². The molecule has 0 N–H and O–H groups in total. The molecule has 1 fully saturated rings. The Bertz CT molecular complexity index is 426. The van der Waals surface area contributed by atoms with E-state index in [1.165, 1.54) is 0 Å². The Hall–Kier alpha value is -0.570. The predicted molar refractivity (Wildman–Crippen MR) is 73.4 cm³/mol. The van der Waals surface area contributed by atoms with Crippen LogP contribution in [0.1, 0.15) is 31.2 Å². The van der Waals surface area contributed by atoms with Crippen molar-refractivity contribution in [2.45, 2.75) is 38.2 Å². The van der Waals surface area contributed by atoms with E-state index in [9.17, 15) is 4.79 Å². The largest absolute Gasteiger partial charge is 0.378 e. The van der Waals surface area contributed by atoms with Crippen LogP contribution >= 0.6 is 23.2 Å². The summed E-state index contributed by atoms with van der Waals surface area (Å²) >= 11 is 12.0. The first kappa shape index (κ1) is 13.9. The van der Waals surface area contributed by atoms with Crippen LogP contribution in [0.25, 0.3) is 0 Å². The van der Waals surface area contributed by atoms with Crippen molar-refractivity contribution in [1.82, 2.24) is 0 Å². The van der Waals surface area contributed by atoms with Gasteiger partial charge in [0.25, 0.3) is 0 Å². The Morgan fingerprint density at radius 1 is 1.33 bits per heavy atom. The van der Waals surface area contributed by atoms with Crippen molar-refractivity contribution in [3.05, 3.63) is 33.8 Å². The first-order valence-electron chi connectivity index (χ1n) is 6.23. The summed E-state index contributed by atoms with van der Waals surface area (Å²) in [7, 11) is 0. The maximum absolute atomic E-state index is 12.0. The van der Waals surface area contributed by atoms with Crippen molar-refractivity contribution >= 4 is 29.0 Å². The second-order valence-electron chi connectivity index (χ2n) is 4.62. The minimum atomic E-state index is 0.0872. The molecular weight excluding hydrogens is 271 g/mol. The fourth-order valence-electron chi connectivity index (χ4n) is 2.19. The highest BCUT2D eigenvalue weighted by Crippen LogP contribution is 2.26. The summed E-state index contributed by atoms with van der Waals surface area (Å²) in [5.41, 5.74) is 0.796. The highest BCUT2D eigenvalue weighted by molar-refractivity contribution is 6.42. The lowest BCUT2D eigenvalue weighted by atomic mass is 10.00. The van der Waals surface area contributed by atoms with Gasteiger partial charge >= 0.3 is 0 Å². The van der Waals surface area contributed by atoms with Gasteiger partial charge in [0.15, 0.2) is 0 Å². The standard InChI is InChI=1S/C14H16Cl2O2/c15-13-6-3-4-10(14(13)16)8-11(17)9-12-5-1-2-7-18-12/h3-4,6,12H,1-2,5,7-9H2. The van der Waals surface area contributed by atoms with Gasteiger partial charge < -0.3 is 4.74 Å². The summed E-state index contributed by atoms with van der Waals surface area (Å²) in [6.45, 7) is 0.774. The zero-order chi connectivity index (χ0) is 13.0. The Kier molecular flexibility index (Phi) is 5.04. The molecule has 0 amide bonds. The number of carbonyl (C=O) groups is 1. The quantitative estimate of drug-likeness (QED) is 0.834. The molecule has 1 saturated heterocycles. The molecule has 2 nitrogen and oxygen atoms in total. The molecule has 2 rings (SSSR count). The van der Waals surface area contributed by atoms with Gasteiger partial charge in [-0.3, -0.25) is 4.79 Å². The molecule has 1 aromatic carbocycles. The van der Waals surface area contributed by atoms with Gasteiger partial charge in [0.05, 0.1) is 16.1 Å². The van der Waals surface area contributed by atoms with Crippen LogP contribution in [0.3, 0.4) is 0 Å². The fourth-order valence-corrected chi connectivity index (χ4v) is 2.58. The molecule has 1 aliphatic rings. The maximum atomic E-state index is 12.0. The van der Waals surface area contributed by atoms with E-state index >= 15 is 0 Å². The molecular formula is C14H16Cl2O2. The van der Waals surface area contributed by atoms with Gasteiger partial charge in [-0.05, 0) is 30.9 Å². The molecule has 0 spiro atoms. The highest BCUT2D eigenvalue weighted by atomic mass is 35.5. The van der Waals surface area contributed by atoms with Crippen molar-refractivity contribution < 1.29 is 9.53 Å². The number of ketones is 1. The van der Waals surface area contributed by atoms with Crippen molar-refractivity contribution in [2.75, 3.05) is 6.61 Å². The smallest absolute Gasteiger partial charge is 0.139 e. The second kappa shape index (κ2) is 6.55. The summed E-state index contributed by atoms with van der Waals surface area (Å²) in [5, 5.41) is 0.980. The lowest BCUT2D eigenvalue weighted by Gasteiger charge is -2.21. The lowest BCUT2D eigenvalue weighted by Crippen LogP contribution is -2.23. The van der Waals surface area contributed by atoms with Crippen LogP contribution in [0.2, 0.25) is 10.0 Å². The third-order valence-electron chi connectivity index (χ3n) is 3.15. The lowest BCUT2D eigenvalue weighted by molar-refractivity contribution is -0.122. The van der Waals surface area contributed by atoms with Crippen LogP contribution in [-0.2, 0) is 16.0 Å². The molecule has 18 heavy (non-hydrogen) atoms. The van der Waals surface area contributed by atoms with E-state index in [4.69, 9.17) is 27.9 Å². The van der Waals surface area contributed by atoms with E-state index in [-0.39, 0.29) is 11.9 Å². The number of rotatable bonds is 4. The Morgan fingerprint density at radius 2 is 2.17 bits per heavy atom. The minimum absolute atomic E-state index is 0.0872. The van der Waals surface area contributed by atoms with Crippen LogP contribution in [0.5, 0.6) is 0 Å². The number of carbonyl (C=O) groups excluding carboxylic acids is 1. The van der Waals surface area contributed by atoms with Crippen LogP contribution in [0, 0.1) is 0 Å². The van der Waals surface area contributed by atoms with Gasteiger partial charge in [0.1, 0.15) is 5.78 Å². The molecule has 1 unspecified atom stereocenters. The van der Waals surface area contributed by atoms with E-state index in [0.29, 0.717) is 22.9 Å². The van der Waals surface area contributed by atoms with Crippen molar-refractivity contribution in [3.8, 4) is 0 Å². The summed E-state index contributed by atoms with van der Waals surface area (Å²) in [6, 6.07) is 5.38. The number of halogens is 2. The highest BCUT2D eigenvalue weighted by Gasteiger charge is 2.18. The van der Waals surface area contributed by atoms with Crippen molar-refractivity contribution in [3.63, 3.8) is 0 Å². The predicted octanol–water partition coefficient (Wildman–Crippen LogP) is 4.06. The zero-order valence-corrected chi connectivity index (χ0v) is 11.6. The average Bonchev–Trinajstić information content (AvgIpc) is 2.36. The third-order valence-corrected chi connectivity index (χ3v) is 4.01. The first-order chi connectivity index (χ1) is 8.66. The van der Waals surface area contributed by atoms with Crippen LogP contribution in [0.15, 0.2) is 18.2 Å². The molecule has 0 radical (unpaired) electrons. The number of hydrogen-bond acceptors (Lipinski definition) is 2. The minimum Gasteiger partial charge on any atom is -0.378 e. The van der Waals surface area contributed by atoms with E-state index in [0.717, 1.165) is 31.4 Å². The van der Waals surface area contributed by atoms with Crippen molar-refractivity contribution in [2.24, 2.45) is 0 Å². The van der Waals surface area contributed by atoms with Crippen molar-refractivity contribution in [1.29, 1.82) is 0 Å². The maximum Gasteiger partial charge on any atom is 0.139 e. The second-order valence-corrected chi connectivity index (χ2v) is 5.41. The van der Waals surface area contributed by atoms with Gasteiger partial charge in [-0.1, -0.05) is 35.3 Å². The number of benzene rings is 1. The topological polar surface area (TPSA) is 26.3 Å². The molecule has 1 atom stereocenters. The third kappa shape index (κ3) is 3.71. The fraction of sp³-hybridized carbons (Fsp3) is 0.500. The molecule has 1 heterocycles. The first-order valence-corrected chi connectivity index (χ1v) is 6.98. The van der Waals surface area contributed by atoms with E-state index < -0.39 is 0 Å². The Morgan fingerprint density at radius 3 is 2.89 bits per heavy atom. The van der Waals surface area contributed by atoms with Gasteiger partial charge in [-0.2, -0.15) is 0 Å². The van der Waals surface area contributed by atoms with Gasteiger partial charge in [0, 0.05) is 19.4 Å². The van der Waals surface area contributed by atoms with Crippen LogP contribution in [-0.4, -0.2) is 18.5 Å². The Balaban J connectivity index is 1.92. The molecule has 0 saturated carbocycles. The zero-order valence-electron chi connectivity index (χ0n) is 10.1. The molecule has 1 aliphatic heterocycles. The number of Topliss-reactive ketones (excluding diaryl/α,β-unsaturated/α-hetero) is 1. The molecule has 0 aliphatic carbocycles. The Labute approximate surface area is 117 Å². The molecule has 98 valence electrons. The molecule has 4 heteroatoms. The number of hydrogen-bond donors (Lipinski definition) is 0. The summed E-state index contributed by atoms with van der Waals surface area (Å²) in [6.07, 6.45) is 4.13.